The van der Waals surface area contributed by atoms with Crippen molar-refractivity contribution in [3.8, 4) is 5.75 Å². The maximum atomic E-state index is 13.4. The van der Waals surface area contributed by atoms with Crippen molar-refractivity contribution in [2.45, 2.75) is 43.4 Å². The number of aromatic nitrogens is 2. The molecule has 0 aliphatic carbocycles. The normalized spacial score (nSPS) is 22.9. The second-order valence-corrected chi connectivity index (χ2v) is 13.8. The molecule has 254 valence electrons. The average Bonchev–Trinajstić information content (AvgIpc) is 3.32. The number of piperidine rings is 2. The molecule has 3 fully saturated rings. The molecule has 1 unspecified atom stereocenters. The maximum Gasteiger partial charge on any atom is 0.282 e. The molecular weight excluding hydrogens is 698 g/mol. The Morgan fingerprint density at radius 1 is 0.980 bits per heavy atom. The first kappa shape index (κ1) is 32.6. The molecule has 4 aliphatic rings. The van der Waals surface area contributed by atoms with Crippen molar-refractivity contribution < 1.29 is 28.7 Å². The van der Waals surface area contributed by atoms with Crippen LogP contribution in [0.3, 0.4) is 0 Å². The number of rotatable bonds is 7. The Labute approximate surface area is 289 Å². The van der Waals surface area contributed by atoms with Crippen LogP contribution >= 0.6 is 15.9 Å². The Bertz CT molecular complexity index is 1940. The third kappa shape index (κ3) is 6.12. The Morgan fingerprint density at radius 2 is 1.73 bits per heavy atom. The first-order valence-electron chi connectivity index (χ1n) is 16.1. The topological polar surface area (TPSA) is 163 Å². The fraction of sp³-hybridized carbons (Fsp3) is 0.382. The van der Waals surface area contributed by atoms with E-state index in [0.717, 1.165) is 30.0 Å². The summed E-state index contributed by atoms with van der Waals surface area (Å²) in [5.41, 5.74) is 2.34. The zero-order valence-corrected chi connectivity index (χ0v) is 28.4. The lowest BCUT2D eigenvalue weighted by Gasteiger charge is -2.39. The SMILES string of the molecule is CN1C[C@@H](Nc2cnn(C)c(=O)c2Br)C[C@@H](c2ccc(C(=O)N3CC(Oc4cccc5c4C(=O)N(C4CCC(=O)NC4=O)C5=O)C3)cc2)C1. The number of nitrogens with one attached hydrogen (secondary N) is 2. The van der Waals surface area contributed by atoms with E-state index in [-0.39, 0.29) is 59.2 Å². The average molecular weight is 733 g/mol. The molecule has 7 rings (SSSR count). The molecule has 15 heteroatoms. The van der Waals surface area contributed by atoms with Gasteiger partial charge in [-0.05, 0) is 71.6 Å². The van der Waals surface area contributed by atoms with Crippen molar-refractivity contribution in [1.29, 1.82) is 0 Å². The smallest absolute Gasteiger partial charge is 0.282 e. The van der Waals surface area contributed by atoms with Gasteiger partial charge in [-0.25, -0.2) is 4.68 Å². The van der Waals surface area contributed by atoms with Gasteiger partial charge in [0.15, 0.2) is 0 Å². The van der Waals surface area contributed by atoms with Crippen LogP contribution in [0.5, 0.6) is 5.75 Å². The molecule has 3 atom stereocenters. The number of ether oxygens (including phenoxy) is 1. The third-order valence-corrected chi connectivity index (χ3v) is 10.3. The van der Waals surface area contributed by atoms with Gasteiger partial charge < -0.3 is 19.9 Å². The molecular formula is C34H34BrN7O7. The van der Waals surface area contributed by atoms with E-state index in [1.54, 1.807) is 30.3 Å². The number of hydrogen-bond acceptors (Lipinski definition) is 10. The Hall–Kier alpha value is -4.89. The number of nitrogens with zero attached hydrogens (tertiary/aromatic N) is 5. The fourth-order valence-electron chi connectivity index (χ4n) is 7.02. The van der Waals surface area contributed by atoms with Gasteiger partial charge in [0.2, 0.25) is 11.8 Å². The summed E-state index contributed by atoms with van der Waals surface area (Å²) in [5.74, 6) is -2.06. The summed E-state index contributed by atoms with van der Waals surface area (Å²) >= 11 is 3.39. The van der Waals surface area contributed by atoms with Gasteiger partial charge in [0, 0.05) is 38.2 Å². The van der Waals surface area contributed by atoms with Crippen LogP contribution in [-0.4, -0.2) is 105 Å². The molecule has 2 N–H and O–H groups in total. The number of halogens is 1. The Balaban J connectivity index is 0.961. The Morgan fingerprint density at radius 3 is 2.47 bits per heavy atom. The molecule has 49 heavy (non-hydrogen) atoms. The lowest BCUT2D eigenvalue weighted by Crippen LogP contribution is -2.56. The van der Waals surface area contributed by atoms with E-state index >= 15 is 0 Å². The van der Waals surface area contributed by atoms with Gasteiger partial charge in [0.05, 0.1) is 36.1 Å². The van der Waals surface area contributed by atoms with E-state index in [4.69, 9.17) is 4.74 Å². The second kappa shape index (κ2) is 12.9. The number of amides is 5. The summed E-state index contributed by atoms with van der Waals surface area (Å²) in [7, 11) is 3.66. The minimum Gasteiger partial charge on any atom is -0.486 e. The molecule has 0 spiro atoms. The lowest BCUT2D eigenvalue weighted by atomic mass is 9.87. The van der Waals surface area contributed by atoms with Gasteiger partial charge in [0.1, 0.15) is 22.4 Å². The Kier molecular flexibility index (Phi) is 8.57. The first-order valence-corrected chi connectivity index (χ1v) is 16.8. The highest BCUT2D eigenvalue weighted by molar-refractivity contribution is 9.10. The third-order valence-electron chi connectivity index (χ3n) is 9.56. The predicted molar refractivity (Wildman–Crippen MR) is 179 cm³/mol. The van der Waals surface area contributed by atoms with Crippen LogP contribution in [0, 0.1) is 0 Å². The number of benzene rings is 2. The second-order valence-electron chi connectivity index (χ2n) is 13.0. The van der Waals surface area contributed by atoms with E-state index in [9.17, 15) is 28.8 Å². The van der Waals surface area contributed by atoms with E-state index in [2.05, 4.69) is 43.6 Å². The fourth-order valence-corrected chi connectivity index (χ4v) is 7.49. The van der Waals surface area contributed by atoms with E-state index in [1.165, 1.54) is 10.7 Å². The molecule has 3 saturated heterocycles. The summed E-state index contributed by atoms with van der Waals surface area (Å²) in [6.07, 6.45) is 2.20. The number of anilines is 1. The monoisotopic (exact) mass is 731 g/mol. The quantitative estimate of drug-likeness (QED) is 0.343. The molecule has 3 aromatic rings. The summed E-state index contributed by atoms with van der Waals surface area (Å²) in [4.78, 5) is 80.9. The van der Waals surface area contributed by atoms with E-state index in [1.807, 2.05) is 24.3 Å². The number of likely N-dealkylation sites (tertiary alicyclic amines) is 2. The minimum atomic E-state index is -1.07. The molecule has 4 aliphatic heterocycles. The molecule has 5 amide bonds. The van der Waals surface area contributed by atoms with Crippen LogP contribution in [0.15, 0.2) is 57.9 Å². The van der Waals surface area contributed by atoms with Crippen LogP contribution in [0.25, 0.3) is 0 Å². The highest BCUT2D eigenvalue weighted by Crippen LogP contribution is 2.35. The van der Waals surface area contributed by atoms with E-state index < -0.39 is 29.7 Å². The maximum absolute atomic E-state index is 13.4. The summed E-state index contributed by atoms with van der Waals surface area (Å²) < 4.78 is 7.83. The van der Waals surface area contributed by atoms with Gasteiger partial charge in [-0.1, -0.05) is 18.2 Å². The van der Waals surface area contributed by atoms with E-state index in [0.29, 0.717) is 28.8 Å². The zero-order valence-electron chi connectivity index (χ0n) is 26.8. The highest BCUT2D eigenvalue weighted by atomic mass is 79.9. The minimum absolute atomic E-state index is 0.0348. The molecule has 2 aromatic carbocycles. The molecule has 0 bridgehead atoms. The number of aryl methyl sites for hydroxylation is 1. The van der Waals surface area contributed by atoms with Crippen molar-refractivity contribution in [3.05, 3.63) is 85.7 Å². The molecule has 0 saturated carbocycles. The van der Waals surface area contributed by atoms with Crippen LogP contribution in [-0.2, 0) is 16.6 Å². The van der Waals surface area contributed by atoms with Crippen molar-refractivity contribution in [2.24, 2.45) is 7.05 Å². The lowest BCUT2D eigenvalue weighted by molar-refractivity contribution is -0.136. The van der Waals surface area contributed by atoms with Crippen molar-refractivity contribution in [2.75, 3.05) is 38.5 Å². The molecule has 1 aromatic heterocycles. The predicted octanol–water partition coefficient (Wildman–Crippen LogP) is 1.75. The van der Waals surface area contributed by atoms with Gasteiger partial charge in [-0.15, -0.1) is 0 Å². The van der Waals surface area contributed by atoms with Gasteiger partial charge >= 0.3 is 0 Å². The number of fused-ring (bicyclic) bond motifs is 1. The number of carbonyl (C=O) groups is 5. The van der Waals surface area contributed by atoms with Gasteiger partial charge in [-0.2, -0.15) is 5.10 Å². The largest absolute Gasteiger partial charge is 0.486 e. The van der Waals surface area contributed by atoms with Crippen LogP contribution in [0.1, 0.15) is 61.8 Å². The molecule has 0 radical (unpaired) electrons. The van der Waals surface area contributed by atoms with Gasteiger partial charge in [0.25, 0.3) is 23.3 Å². The number of imide groups is 2. The molecule has 14 nitrogen and oxygen atoms in total. The van der Waals surface area contributed by atoms with Crippen molar-refractivity contribution in [1.82, 2.24) is 29.8 Å². The summed E-state index contributed by atoms with van der Waals surface area (Å²) in [5, 5.41) is 9.79. The first-order chi connectivity index (χ1) is 23.5. The zero-order chi connectivity index (χ0) is 34.6. The molecule has 5 heterocycles. The van der Waals surface area contributed by atoms with Crippen molar-refractivity contribution >= 4 is 51.2 Å². The number of likely N-dealkylation sites (N-methyl/N-ethyl adjacent to an activating group) is 1. The van der Waals surface area contributed by atoms with Crippen LogP contribution < -0.4 is 20.9 Å². The number of hydrogen-bond donors (Lipinski definition) is 2. The highest BCUT2D eigenvalue weighted by Gasteiger charge is 2.46. The number of carbonyl (C=O) groups excluding carboxylic acids is 5. The summed E-state index contributed by atoms with van der Waals surface area (Å²) in [6, 6.07) is 11.4. The van der Waals surface area contributed by atoms with Crippen LogP contribution in [0.4, 0.5) is 5.69 Å². The standard InChI is InChI=1S/C34H34BrN7O7/c1-39-14-20(12-21(15-39)37-24-13-36-40(2)34(48)29(24)35)18-6-8-19(9-7-18)31(45)41-16-22(17-41)49-26-5-3-4-23-28(26)33(47)42(32(23)46)25-10-11-27(43)38-30(25)44/h3-9,13,20-22,25,37H,10-12,14-17H2,1-2H3,(H,38,43,44)/t20-,21+,25?/m1/s1. The van der Waals surface area contributed by atoms with Crippen molar-refractivity contribution in [3.63, 3.8) is 0 Å². The summed E-state index contributed by atoms with van der Waals surface area (Å²) in [6.45, 7) is 2.27. The van der Waals surface area contributed by atoms with Crippen LogP contribution in [0.2, 0.25) is 0 Å². The van der Waals surface area contributed by atoms with Gasteiger partial charge in [-0.3, -0.25) is 39.0 Å².